The molecule has 0 aliphatic carbocycles. The van der Waals surface area contributed by atoms with Crippen molar-refractivity contribution in [2.75, 3.05) is 0 Å². The fourth-order valence-corrected chi connectivity index (χ4v) is 3.38. The van der Waals surface area contributed by atoms with Crippen LogP contribution in [-0.4, -0.2) is 21.0 Å². The lowest BCUT2D eigenvalue weighted by molar-refractivity contribution is 0.0697. The third kappa shape index (κ3) is 3.06. The van der Waals surface area contributed by atoms with E-state index in [1.54, 1.807) is 18.2 Å². The Labute approximate surface area is 133 Å². The maximum atomic E-state index is 11.0. The molecule has 0 fully saturated rings. The van der Waals surface area contributed by atoms with Crippen LogP contribution < -0.4 is 0 Å². The van der Waals surface area contributed by atoms with Gasteiger partial charge in [-0.25, -0.2) is 14.8 Å². The topological polar surface area (TPSA) is 63.1 Å². The lowest BCUT2D eigenvalue weighted by Crippen LogP contribution is -1.96. The first kappa shape index (κ1) is 14.0. The standard InChI is InChI=1S/C15H9BrN2O2S/c16-10-2-1-3-11(7-10)21-14-12-5-4-9(15(19)20)6-13(12)17-8-18-14/h1-8H,(H,19,20). The molecule has 3 aromatic rings. The Morgan fingerprint density at radius 1 is 1.14 bits per heavy atom. The number of nitrogens with zero attached hydrogens (tertiary/aromatic N) is 2. The van der Waals surface area contributed by atoms with Gasteiger partial charge in [-0.15, -0.1) is 0 Å². The van der Waals surface area contributed by atoms with E-state index in [0.29, 0.717) is 5.52 Å². The van der Waals surface area contributed by atoms with Crippen LogP contribution in [0.15, 0.2) is 63.2 Å². The zero-order valence-corrected chi connectivity index (χ0v) is 13.1. The predicted octanol–water partition coefficient (Wildman–Crippen LogP) is 4.24. The van der Waals surface area contributed by atoms with E-state index >= 15 is 0 Å². The number of fused-ring (bicyclic) bond motifs is 1. The molecule has 104 valence electrons. The molecule has 0 radical (unpaired) electrons. The second-order valence-electron chi connectivity index (χ2n) is 4.28. The summed E-state index contributed by atoms with van der Waals surface area (Å²) in [6.45, 7) is 0. The number of benzene rings is 2. The van der Waals surface area contributed by atoms with Crippen molar-refractivity contribution in [2.45, 2.75) is 9.92 Å². The summed E-state index contributed by atoms with van der Waals surface area (Å²) >= 11 is 4.96. The SMILES string of the molecule is O=C(O)c1ccc2c(Sc3cccc(Br)c3)ncnc2c1. The predicted molar refractivity (Wildman–Crippen MR) is 84.8 cm³/mol. The summed E-state index contributed by atoms with van der Waals surface area (Å²) in [4.78, 5) is 20.5. The van der Waals surface area contributed by atoms with Gasteiger partial charge in [-0.3, -0.25) is 0 Å². The molecule has 0 aliphatic heterocycles. The first-order chi connectivity index (χ1) is 10.1. The van der Waals surface area contributed by atoms with Gasteiger partial charge >= 0.3 is 5.97 Å². The summed E-state index contributed by atoms with van der Waals surface area (Å²) < 4.78 is 0.999. The quantitative estimate of drug-likeness (QED) is 0.707. The summed E-state index contributed by atoms with van der Waals surface area (Å²) in [5.74, 6) is -0.961. The van der Waals surface area contributed by atoms with Gasteiger partial charge in [0, 0.05) is 14.8 Å². The maximum Gasteiger partial charge on any atom is 0.335 e. The van der Waals surface area contributed by atoms with Gasteiger partial charge in [0.1, 0.15) is 11.4 Å². The minimum absolute atomic E-state index is 0.222. The van der Waals surface area contributed by atoms with Crippen molar-refractivity contribution < 1.29 is 9.90 Å². The molecule has 0 bridgehead atoms. The number of carbonyl (C=O) groups is 1. The zero-order valence-electron chi connectivity index (χ0n) is 10.7. The molecular formula is C15H9BrN2O2S. The highest BCUT2D eigenvalue weighted by Gasteiger charge is 2.09. The Kier molecular flexibility index (Phi) is 3.90. The third-order valence-corrected chi connectivity index (χ3v) is 4.36. The highest BCUT2D eigenvalue weighted by atomic mass is 79.9. The third-order valence-electron chi connectivity index (χ3n) is 2.86. The van der Waals surface area contributed by atoms with E-state index in [2.05, 4.69) is 25.9 Å². The van der Waals surface area contributed by atoms with Crippen LogP contribution in [0.3, 0.4) is 0 Å². The highest BCUT2D eigenvalue weighted by Crippen LogP contribution is 2.32. The normalized spacial score (nSPS) is 10.7. The van der Waals surface area contributed by atoms with E-state index in [1.165, 1.54) is 18.1 Å². The van der Waals surface area contributed by atoms with Crippen molar-refractivity contribution in [3.63, 3.8) is 0 Å². The molecule has 0 aliphatic rings. The molecule has 0 unspecified atom stereocenters. The number of aromatic nitrogens is 2. The molecular weight excluding hydrogens is 352 g/mol. The molecule has 1 aromatic heterocycles. The number of hydrogen-bond acceptors (Lipinski definition) is 4. The zero-order chi connectivity index (χ0) is 14.8. The molecule has 3 rings (SSSR count). The van der Waals surface area contributed by atoms with Gasteiger partial charge in [0.25, 0.3) is 0 Å². The Morgan fingerprint density at radius 3 is 2.76 bits per heavy atom. The minimum atomic E-state index is -0.961. The molecule has 0 atom stereocenters. The fourth-order valence-electron chi connectivity index (χ4n) is 1.89. The summed E-state index contributed by atoms with van der Waals surface area (Å²) in [5.41, 5.74) is 0.849. The van der Waals surface area contributed by atoms with Crippen LogP contribution in [0.25, 0.3) is 10.9 Å². The van der Waals surface area contributed by atoms with Gasteiger partial charge in [-0.2, -0.15) is 0 Å². The van der Waals surface area contributed by atoms with Crippen LogP contribution in [0.4, 0.5) is 0 Å². The molecule has 4 nitrogen and oxygen atoms in total. The number of aromatic carboxylic acids is 1. The Hall–Kier alpha value is -1.92. The Bertz CT molecular complexity index is 839. The monoisotopic (exact) mass is 360 g/mol. The van der Waals surface area contributed by atoms with Crippen molar-refractivity contribution in [1.29, 1.82) is 0 Å². The second kappa shape index (κ2) is 5.83. The van der Waals surface area contributed by atoms with Crippen molar-refractivity contribution in [3.8, 4) is 0 Å². The molecule has 0 amide bonds. The molecule has 1 N–H and O–H groups in total. The van der Waals surface area contributed by atoms with Gasteiger partial charge in [-0.05, 0) is 36.4 Å². The largest absolute Gasteiger partial charge is 0.478 e. The lowest BCUT2D eigenvalue weighted by atomic mass is 10.1. The van der Waals surface area contributed by atoms with E-state index in [0.717, 1.165) is 19.8 Å². The van der Waals surface area contributed by atoms with Crippen LogP contribution in [0.1, 0.15) is 10.4 Å². The molecule has 21 heavy (non-hydrogen) atoms. The number of rotatable bonds is 3. The minimum Gasteiger partial charge on any atom is -0.478 e. The Balaban J connectivity index is 2.05. The summed E-state index contributed by atoms with van der Waals surface area (Å²) in [6, 6.07) is 12.8. The van der Waals surface area contributed by atoms with Gasteiger partial charge in [0.2, 0.25) is 0 Å². The van der Waals surface area contributed by atoms with Gasteiger partial charge in [-0.1, -0.05) is 33.8 Å². The van der Waals surface area contributed by atoms with Crippen molar-refractivity contribution in [2.24, 2.45) is 0 Å². The lowest BCUT2D eigenvalue weighted by Gasteiger charge is -2.05. The van der Waals surface area contributed by atoms with Gasteiger partial charge < -0.3 is 5.11 Å². The summed E-state index contributed by atoms with van der Waals surface area (Å²) in [6.07, 6.45) is 1.45. The molecule has 0 spiro atoms. The molecule has 1 heterocycles. The van der Waals surface area contributed by atoms with Crippen LogP contribution in [0, 0.1) is 0 Å². The van der Waals surface area contributed by atoms with E-state index < -0.39 is 5.97 Å². The van der Waals surface area contributed by atoms with Crippen molar-refractivity contribution in [3.05, 3.63) is 58.8 Å². The van der Waals surface area contributed by atoms with Crippen LogP contribution >= 0.6 is 27.7 Å². The maximum absolute atomic E-state index is 11.0. The average molecular weight is 361 g/mol. The number of halogens is 1. The number of hydrogen-bond donors (Lipinski definition) is 1. The van der Waals surface area contributed by atoms with E-state index in [1.807, 2.05) is 24.3 Å². The van der Waals surface area contributed by atoms with Gasteiger partial charge in [0.15, 0.2) is 0 Å². The number of carboxylic acids is 1. The molecule has 0 saturated heterocycles. The second-order valence-corrected chi connectivity index (χ2v) is 6.25. The molecule has 0 saturated carbocycles. The van der Waals surface area contributed by atoms with E-state index in [4.69, 9.17) is 5.11 Å². The van der Waals surface area contributed by atoms with Crippen LogP contribution in [-0.2, 0) is 0 Å². The number of carboxylic acid groups (broad SMARTS) is 1. The van der Waals surface area contributed by atoms with Crippen molar-refractivity contribution in [1.82, 2.24) is 9.97 Å². The smallest absolute Gasteiger partial charge is 0.335 e. The molecule has 2 aromatic carbocycles. The summed E-state index contributed by atoms with van der Waals surface area (Å²) in [5, 5.41) is 10.7. The van der Waals surface area contributed by atoms with Crippen molar-refractivity contribution >= 4 is 44.6 Å². The van der Waals surface area contributed by atoms with Crippen LogP contribution in [0.2, 0.25) is 0 Å². The van der Waals surface area contributed by atoms with E-state index in [-0.39, 0.29) is 5.56 Å². The average Bonchev–Trinajstić information content (AvgIpc) is 2.47. The summed E-state index contributed by atoms with van der Waals surface area (Å²) in [7, 11) is 0. The first-order valence-electron chi connectivity index (χ1n) is 6.05. The fraction of sp³-hybridized carbons (Fsp3) is 0. The van der Waals surface area contributed by atoms with Crippen LogP contribution in [0.5, 0.6) is 0 Å². The Morgan fingerprint density at radius 2 is 2.00 bits per heavy atom. The first-order valence-corrected chi connectivity index (χ1v) is 7.66. The molecule has 6 heteroatoms. The van der Waals surface area contributed by atoms with Gasteiger partial charge in [0.05, 0.1) is 11.1 Å². The van der Waals surface area contributed by atoms with E-state index in [9.17, 15) is 4.79 Å². The highest BCUT2D eigenvalue weighted by molar-refractivity contribution is 9.10.